The van der Waals surface area contributed by atoms with Gasteiger partial charge in [-0.25, -0.2) is 4.79 Å². The third-order valence-electron chi connectivity index (χ3n) is 4.30. The van der Waals surface area contributed by atoms with Crippen LogP contribution in [0.4, 0.5) is 0 Å². The molecule has 5 heteroatoms. The second-order valence-electron chi connectivity index (χ2n) is 7.00. The van der Waals surface area contributed by atoms with Crippen molar-refractivity contribution in [1.82, 2.24) is 5.32 Å². The van der Waals surface area contributed by atoms with Gasteiger partial charge in [-0.1, -0.05) is 68.4 Å². The zero-order chi connectivity index (χ0) is 19.8. The minimum Gasteiger partial charge on any atom is -0.467 e. The van der Waals surface area contributed by atoms with Crippen molar-refractivity contribution in [2.75, 3.05) is 7.11 Å². The van der Waals surface area contributed by atoms with Gasteiger partial charge >= 0.3 is 5.97 Å². The molecule has 2 atom stereocenters. The van der Waals surface area contributed by atoms with Crippen molar-refractivity contribution in [3.8, 4) is 11.1 Å². The fourth-order valence-electron chi connectivity index (χ4n) is 2.86. The van der Waals surface area contributed by atoms with Crippen molar-refractivity contribution in [2.24, 2.45) is 5.92 Å². The van der Waals surface area contributed by atoms with Crippen LogP contribution in [0.1, 0.15) is 25.8 Å². The molecule has 0 bridgehead atoms. The molecular weight excluding hydrogens is 342 g/mol. The van der Waals surface area contributed by atoms with Crippen molar-refractivity contribution < 1.29 is 19.4 Å². The first-order valence-corrected chi connectivity index (χ1v) is 9.11. The zero-order valence-corrected chi connectivity index (χ0v) is 16.0. The molecule has 0 aromatic heterocycles. The molecule has 0 aliphatic rings. The van der Waals surface area contributed by atoms with Gasteiger partial charge < -0.3 is 15.2 Å². The third kappa shape index (κ3) is 6.22. The molecule has 0 heterocycles. The SMILES string of the molecule is COC(=O)[C@@H](Cc1ccc(-c2ccccc2)cc1)NC(=O)[C@@H](O)CC(C)C. The summed E-state index contributed by atoms with van der Waals surface area (Å²) in [6, 6.07) is 17.0. The lowest BCUT2D eigenvalue weighted by Crippen LogP contribution is -2.47. The van der Waals surface area contributed by atoms with E-state index in [4.69, 9.17) is 4.74 Å². The number of esters is 1. The van der Waals surface area contributed by atoms with Gasteiger partial charge in [0.15, 0.2) is 0 Å². The Hall–Kier alpha value is -2.66. The first-order chi connectivity index (χ1) is 12.9. The van der Waals surface area contributed by atoms with E-state index >= 15 is 0 Å². The molecule has 2 N–H and O–H groups in total. The number of aliphatic hydroxyl groups excluding tert-OH is 1. The van der Waals surface area contributed by atoms with Crippen LogP contribution in [-0.2, 0) is 20.7 Å². The highest BCUT2D eigenvalue weighted by atomic mass is 16.5. The summed E-state index contributed by atoms with van der Waals surface area (Å²) in [5.41, 5.74) is 3.08. The summed E-state index contributed by atoms with van der Waals surface area (Å²) in [6.45, 7) is 3.84. The van der Waals surface area contributed by atoms with Gasteiger partial charge in [-0.3, -0.25) is 4.79 Å². The predicted molar refractivity (Wildman–Crippen MR) is 105 cm³/mol. The number of carbonyl (C=O) groups is 2. The number of rotatable bonds is 8. The number of hydrogen-bond acceptors (Lipinski definition) is 4. The zero-order valence-electron chi connectivity index (χ0n) is 16.0. The molecule has 0 saturated heterocycles. The van der Waals surface area contributed by atoms with E-state index in [9.17, 15) is 14.7 Å². The number of aliphatic hydroxyl groups is 1. The van der Waals surface area contributed by atoms with Crippen LogP contribution in [0.5, 0.6) is 0 Å². The average molecular weight is 369 g/mol. The Morgan fingerprint density at radius 1 is 1.00 bits per heavy atom. The van der Waals surface area contributed by atoms with Crippen molar-refractivity contribution in [2.45, 2.75) is 38.8 Å². The number of amides is 1. The third-order valence-corrected chi connectivity index (χ3v) is 4.30. The largest absolute Gasteiger partial charge is 0.467 e. The van der Waals surface area contributed by atoms with Gasteiger partial charge in [-0.15, -0.1) is 0 Å². The van der Waals surface area contributed by atoms with Crippen LogP contribution < -0.4 is 5.32 Å². The number of carbonyl (C=O) groups excluding carboxylic acids is 2. The summed E-state index contributed by atoms with van der Waals surface area (Å²) >= 11 is 0. The molecular formula is C22H27NO4. The molecule has 2 aromatic rings. The van der Waals surface area contributed by atoms with Gasteiger partial charge in [0.2, 0.25) is 5.91 Å². The van der Waals surface area contributed by atoms with Gasteiger partial charge in [0, 0.05) is 6.42 Å². The molecule has 2 aromatic carbocycles. The van der Waals surface area contributed by atoms with Gasteiger partial charge in [0.05, 0.1) is 7.11 Å². The Kier molecular flexibility index (Phi) is 7.55. The van der Waals surface area contributed by atoms with Crippen LogP contribution in [-0.4, -0.2) is 36.2 Å². The lowest BCUT2D eigenvalue weighted by molar-refractivity contribution is -0.146. The van der Waals surface area contributed by atoms with Crippen molar-refractivity contribution >= 4 is 11.9 Å². The van der Waals surface area contributed by atoms with Gasteiger partial charge in [0.25, 0.3) is 0 Å². The maximum Gasteiger partial charge on any atom is 0.328 e. The Balaban J connectivity index is 2.07. The Bertz CT molecular complexity index is 741. The van der Waals surface area contributed by atoms with E-state index in [1.54, 1.807) is 0 Å². The van der Waals surface area contributed by atoms with Gasteiger partial charge in [-0.2, -0.15) is 0 Å². The van der Waals surface area contributed by atoms with E-state index in [-0.39, 0.29) is 5.92 Å². The molecule has 0 spiro atoms. The monoisotopic (exact) mass is 369 g/mol. The second-order valence-corrected chi connectivity index (χ2v) is 7.00. The van der Waals surface area contributed by atoms with Crippen LogP contribution in [0.15, 0.2) is 54.6 Å². The number of benzene rings is 2. The van der Waals surface area contributed by atoms with Crippen molar-refractivity contribution in [3.63, 3.8) is 0 Å². The number of ether oxygens (including phenoxy) is 1. The normalized spacial score (nSPS) is 13.1. The van der Waals surface area contributed by atoms with E-state index < -0.39 is 24.0 Å². The standard InChI is InChI=1S/C22H27NO4/c1-15(2)13-20(24)21(25)23-19(22(26)27-3)14-16-9-11-18(12-10-16)17-7-5-4-6-8-17/h4-12,15,19-20,24H,13-14H2,1-3H3,(H,23,25)/t19-,20+/m1/s1. The van der Waals surface area contributed by atoms with Gasteiger partial charge in [0.1, 0.15) is 12.1 Å². The van der Waals surface area contributed by atoms with Gasteiger partial charge in [-0.05, 0) is 29.0 Å². The predicted octanol–water partition coefficient (Wildman–Crippen LogP) is 2.96. The van der Waals surface area contributed by atoms with E-state index in [0.29, 0.717) is 12.8 Å². The fourth-order valence-corrected chi connectivity index (χ4v) is 2.86. The first-order valence-electron chi connectivity index (χ1n) is 9.11. The smallest absolute Gasteiger partial charge is 0.328 e. The Morgan fingerprint density at radius 2 is 1.59 bits per heavy atom. The molecule has 0 radical (unpaired) electrons. The first kappa shape index (κ1) is 20.6. The number of methoxy groups -OCH3 is 1. The topological polar surface area (TPSA) is 75.6 Å². The fraction of sp³-hybridized carbons (Fsp3) is 0.364. The Morgan fingerprint density at radius 3 is 2.15 bits per heavy atom. The molecule has 5 nitrogen and oxygen atoms in total. The summed E-state index contributed by atoms with van der Waals surface area (Å²) in [6.07, 6.45) is -0.509. The molecule has 0 aliphatic carbocycles. The minimum atomic E-state index is -1.14. The van der Waals surface area contributed by atoms with Crippen LogP contribution in [0.2, 0.25) is 0 Å². The molecule has 0 fully saturated rings. The highest BCUT2D eigenvalue weighted by Gasteiger charge is 2.25. The van der Waals surface area contributed by atoms with Crippen molar-refractivity contribution in [1.29, 1.82) is 0 Å². The van der Waals surface area contributed by atoms with Crippen molar-refractivity contribution in [3.05, 3.63) is 60.2 Å². The summed E-state index contributed by atoms with van der Waals surface area (Å²) in [4.78, 5) is 24.2. The summed E-state index contributed by atoms with van der Waals surface area (Å²) < 4.78 is 4.80. The van der Waals surface area contributed by atoms with E-state index in [1.807, 2.05) is 68.4 Å². The maximum atomic E-state index is 12.2. The van der Waals surface area contributed by atoms with E-state index in [1.165, 1.54) is 7.11 Å². The second kappa shape index (κ2) is 9.88. The van der Waals surface area contributed by atoms with Crippen LogP contribution >= 0.6 is 0 Å². The Labute approximate surface area is 160 Å². The molecule has 2 rings (SSSR count). The quantitative estimate of drug-likeness (QED) is 0.702. The highest BCUT2D eigenvalue weighted by molar-refractivity contribution is 5.87. The van der Waals surface area contributed by atoms with Crippen LogP contribution in [0.25, 0.3) is 11.1 Å². The van der Waals surface area contributed by atoms with Crippen LogP contribution in [0.3, 0.4) is 0 Å². The molecule has 27 heavy (non-hydrogen) atoms. The lowest BCUT2D eigenvalue weighted by atomic mass is 10.00. The molecule has 0 saturated carbocycles. The van der Waals surface area contributed by atoms with E-state index in [2.05, 4.69) is 5.32 Å². The highest BCUT2D eigenvalue weighted by Crippen LogP contribution is 2.20. The maximum absolute atomic E-state index is 12.2. The summed E-state index contributed by atoms with van der Waals surface area (Å²) in [5.74, 6) is -0.917. The van der Waals surface area contributed by atoms with E-state index in [0.717, 1.165) is 16.7 Å². The molecule has 1 amide bonds. The number of hydrogen-bond donors (Lipinski definition) is 2. The van der Waals surface area contributed by atoms with Crippen LogP contribution in [0, 0.1) is 5.92 Å². The summed E-state index contributed by atoms with van der Waals surface area (Å²) in [5, 5.41) is 12.6. The average Bonchev–Trinajstić information content (AvgIpc) is 2.67. The lowest BCUT2D eigenvalue weighted by Gasteiger charge is -2.19. The molecule has 0 unspecified atom stereocenters. The molecule has 144 valence electrons. The minimum absolute atomic E-state index is 0.174. The molecule has 0 aliphatic heterocycles. The number of nitrogens with one attached hydrogen (secondary N) is 1. The summed E-state index contributed by atoms with van der Waals surface area (Å²) in [7, 11) is 1.28.